The summed E-state index contributed by atoms with van der Waals surface area (Å²) in [5.74, 6) is -0.598. The van der Waals surface area contributed by atoms with E-state index in [0.717, 1.165) is 22.7 Å². The van der Waals surface area contributed by atoms with Gasteiger partial charge in [-0.05, 0) is 41.7 Å². The van der Waals surface area contributed by atoms with Gasteiger partial charge in [-0.15, -0.1) is 0 Å². The summed E-state index contributed by atoms with van der Waals surface area (Å²) in [6.07, 6.45) is 3.58. The highest BCUT2D eigenvalue weighted by molar-refractivity contribution is 7.08. The average molecular weight is 405 g/mol. The molecular weight excluding hydrogens is 386 g/mol. The number of hydrogen-bond acceptors (Lipinski definition) is 6. The molecule has 3 aromatic rings. The van der Waals surface area contributed by atoms with Gasteiger partial charge in [0.1, 0.15) is 4.88 Å². The lowest BCUT2D eigenvalue weighted by Gasteiger charge is -2.03. The second kappa shape index (κ2) is 9.57. The minimum Gasteiger partial charge on any atom is -0.465 e. The second-order valence-corrected chi connectivity index (χ2v) is 7.01. The van der Waals surface area contributed by atoms with E-state index in [1.165, 1.54) is 17.2 Å². The summed E-state index contributed by atoms with van der Waals surface area (Å²) in [7, 11) is 1.27. The molecule has 0 unspecified atom stereocenters. The van der Waals surface area contributed by atoms with E-state index in [-0.39, 0.29) is 10.4 Å². The van der Waals surface area contributed by atoms with Gasteiger partial charge in [0.05, 0.1) is 19.0 Å². The zero-order chi connectivity index (χ0) is 20.6. The molecule has 0 radical (unpaired) electrons. The Morgan fingerprint density at radius 1 is 1.07 bits per heavy atom. The molecule has 0 aliphatic rings. The fraction of sp³-hybridized carbons (Fsp3) is 0.0909. The first-order chi connectivity index (χ1) is 14.1. The van der Waals surface area contributed by atoms with Crippen molar-refractivity contribution in [1.29, 1.82) is 0 Å². The van der Waals surface area contributed by atoms with Crippen molar-refractivity contribution in [1.82, 2.24) is 4.07 Å². The number of hydrogen-bond donors (Lipinski definition) is 0. The molecule has 1 aromatic heterocycles. The third-order valence-corrected chi connectivity index (χ3v) is 4.71. The van der Waals surface area contributed by atoms with E-state index in [4.69, 9.17) is 4.74 Å². The number of aromatic nitrogens is 1. The SMILES string of the molecule is COC(=O)c1cc(=O)c(=Nc2ccccc2)n(/N=C/C(C)=C/c2ccccc2)s1. The van der Waals surface area contributed by atoms with E-state index in [0.29, 0.717) is 5.69 Å². The maximum absolute atomic E-state index is 12.6. The minimum absolute atomic E-state index is 0.109. The van der Waals surface area contributed by atoms with Gasteiger partial charge in [0.15, 0.2) is 0 Å². The van der Waals surface area contributed by atoms with Gasteiger partial charge in [-0.25, -0.2) is 9.79 Å². The molecule has 0 spiro atoms. The van der Waals surface area contributed by atoms with Crippen LogP contribution >= 0.6 is 11.5 Å². The highest BCUT2D eigenvalue weighted by atomic mass is 32.1. The molecule has 0 bridgehead atoms. The molecule has 0 aliphatic carbocycles. The van der Waals surface area contributed by atoms with Crippen LogP contribution in [0.1, 0.15) is 22.2 Å². The highest BCUT2D eigenvalue weighted by Crippen LogP contribution is 2.10. The van der Waals surface area contributed by atoms with Crippen LogP contribution in [0.3, 0.4) is 0 Å². The van der Waals surface area contributed by atoms with Crippen LogP contribution in [0.5, 0.6) is 0 Å². The number of rotatable bonds is 5. The smallest absolute Gasteiger partial charge is 0.349 e. The van der Waals surface area contributed by atoms with Crippen molar-refractivity contribution in [2.75, 3.05) is 7.11 Å². The first-order valence-electron chi connectivity index (χ1n) is 8.80. The van der Waals surface area contributed by atoms with Crippen LogP contribution in [-0.4, -0.2) is 23.4 Å². The zero-order valence-electron chi connectivity index (χ0n) is 16.0. The Hall–Kier alpha value is -3.58. The Balaban J connectivity index is 2.08. The number of esters is 1. The van der Waals surface area contributed by atoms with E-state index >= 15 is 0 Å². The van der Waals surface area contributed by atoms with E-state index in [1.807, 2.05) is 61.5 Å². The molecule has 0 fully saturated rings. The van der Waals surface area contributed by atoms with E-state index in [9.17, 15) is 9.59 Å². The predicted octanol–water partition coefficient (Wildman–Crippen LogP) is 3.87. The van der Waals surface area contributed by atoms with E-state index in [2.05, 4.69) is 10.1 Å². The van der Waals surface area contributed by atoms with Crippen molar-refractivity contribution in [3.63, 3.8) is 0 Å². The first-order valence-corrected chi connectivity index (χ1v) is 9.57. The summed E-state index contributed by atoms with van der Waals surface area (Å²) in [6.45, 7) is 1.90. The molecule has 0 amide bonds. The Morgan fingerprint density at radius 2 is 1.72 bits per heavy atom. The van der Waals surface area contributed by atoms with Crippen LogP contribution < -0.4 is 10.9 Å². The van der Waals surface area contributed by atoms with Gasteiger partial charge < -0.3 is 4.74 Å². The molecule has 7 heteroatoms. The monoisotopic (exact) mass is 405 g/mol. The summed E-state index contributed by atoms with van der Waals surface area (Å²) >= 11 is 0.987. The van der Waals surface area contributed by atoms with Gasteiger partial charge in [0.25, 0.3) is 0 Å². The maximum Gasteiger partial charge on any atom is 0.349 e. The van der Waals surface area contributed by atoms with Crippen molar-refractivity contribution in [3.8, 4) is 0 Å². The fourth-order valence-electron chi connectivity index (χ4n) is 2.43. The number of benzene rings is 2. The van der Waals surface area contributed by atoms with Gasteiger partial charge in [0, 0.05) is 6.07 Å². The predicted molar refractivity (Wildman–Crippen MR) is 116 cm³/mol. The van der Waals surface area contributed by atoms with Gasteiger partial charge in [-0.2, -0.15) is 9.17 Å². The lowest BCUT2D eigenvalue weighted by molar-refractivity contribution is 0.0605. The van der Waals surface area contributed by atoms with Crippen LogP contribution in [0.2, 0.25) is 0 Å². The lowest BCUT2D eigenvalue weighted by atomic mass is 10.1. The standard InChI is InChI=1S/C22H19N3O3S/c1-16(13-17-9-5-3-6-10-17)15-23-25-21(24-18-11-7-4-8-12-18)19(26)14-20(29-25)22(27)28-2/h3-15H,1-2H3/b16-13+,23-15+,24-21?. The number of carbonyl (C=O) groups is 1. The summed E-state index contributed by atoms with van der Waals surface area (Å²) in [5, 5.41) is 4.38. The van der Waals surface area contributed by atoms with Crippen LogP contribution in [0.15, 0.2) is 87.2 Å². The molecular formula is C22H19N3O3S. The van der Waals surface area contributed by atoms with Gasteiger partial charge in [0.2, 0.25) is 10.9 Å². The molecule has 1 heterocycles. The van der Waals surface area contributed by atoms with Gasteiger partial charge >= 0.3 is 5.97 Å². The number of nitrogens with zero attached hydrogens (tertiary/aromatic N) is 3. The molecule has 0 atom stereocenters. The topological polar surface area (TPSA) is 73.0 Å². The Morgan fingerprint density at radius 3 is 2.38 bits per heavy atom. The maximum atomic E-state index is 12.6. The molecule has 0 aliphatic heterocycles. The zero-order valence-corrected chi connectivity index (χ0v) is 16.8. The highest BCUT2D eigenvalue weighted by Gasteiger charge is 2.11. The Labute approximate surface area is 171 Å². The number of ether oxygens (including phenoxy) is 1. The van der Waals surface area contributed by atoms with Crippen LogP contribution in [0, 0.1) is 0 Å². The van der Waals surface area contributed by atoms with Crippen molar-refractivity contribution in [2.24, 2.45) is 10.1 Å². The Kier molecular flexibility index (Phi) is 6.65. The largest absolute Gasteiger partial charge is 0.465 e. The van der Waals surface area contributed by atoms with Gasteiger partial charge in [-0.3, -0.25) is 4.79 Å². The molecule has 146 valence electrons. The molecule has 0 saturated heterocycles. The van der Waals surface area contributed by atoms with Crippen molar-refractivity contribution in [3.05, 3.63) is 98.5 Å². The molecule has 6 nitrogen and oxygen atoms in total. The third-order valence-electron chi connectivity index (χ3n) is 3.79. The van der Waals surface area contributed by atoms with Crippen molar-refractivity contribution in [2.45, 2.75) is 6.92 Å². The molecule has 3 rings (SSSR count). The molecule has 29 heavy (non-hydrogen) atoms. The average Bonchev–Trinajstić information content (AvgIpc) is 2.74. The van der Waals surface area contributed by atoms with Crippen LogP contribution in [0.4, 0.5) is 5.69 Å². The fourth-order valence-corrected chi connectivity index (χ4v) is 3.25. The van der Waals surface area contributed by atoms with Crippen molar-refractivity contribution < 1.29 is 9.53 Å². The summed E-state index contributed by atoms with van der Waals surface area (Å²) < 4.78 is 6.07. The summed E-state index contributed by atoms with van der Waals surface area (Å²) in [5.41, 5.74) is 2.21. The summed E-state index contributed by atoms with van der Waals surface area (Å²) in [4.78, 5) is 29.1. The van der Waals surface area contributed by atoms with Crippen molar-refractivity contribution >= 4 is 35.5 Å². The van der Waals surface area contributed by atoms with Crippen LogP contribution in [-0.2, 0) is 4.74 Å². The first kappa shape index (κ1) is 20.2. The minimum atomic E-state index is -0.598. The number of carbonyl (C=O) groups excluding carboxylic acids is 1. The van der Waals surface area contributed by atoms with Crippen LogP contribution in [0.25, 0.3) is 6.08 Å². The molecule has 0 saturated carbocycles. The summed E-state index contributed by atoms with van der Waals surface area (Å²) in [6, 6.07) is 20.1. The van der Waals surface area contributed by atoms with Gasteiger partial charge in [-0.1, -0.05) is 54.6 Å². The quantitative estimate of drug-likeness (QED) is 0.478. The number of methoxy groups -OCH3 is 1. The molecule has 0 N–H and O–H groups in total. The number of allylic oxidation sites excluding steroid dienone is 1. The molecule has 2 aromatic carbocycles. The normalized spacial score (nSPS) is 12.3. The van der Waals surface area contributed by atoms with E-state index in [1.54, 1.807) is 18.3 Å². The third kappa shape index (κ3) is 5.46. The lowest BCUT2D eigenvalue weighted by Crippen LogP contribution is -2.32. The van der Waals surface area contributed by atoms with E-state index < -0.39 is 11.4 Å². The number of para-hydroxylation sites is 1. The Bertz CT molecular complexity index is 1180. The second-order valence-electron chi connectivity index (χ2n) is 6.04.